The highest BCUT2D eigenvalue weighted by Crippen LogP contribution is 2.19. The van der Waals surface area contributed by atoms with E-state index in [1.165, 1.54) is 18.9 Å². The first-order chi connectivity index (χ1) is 9.06. The fraction of sp³-hybridized carbons (Fsp3) is 0.538. The van der Waals surface area contributed by atoms with E-state index in [0.717, 1.165) is 19.6 Å². The number of likely N-dealkylation sites (tertiary alicyclic amines) is 1. The SMILES string of the molecule is CN1CCCC(CNc2nc(C(N)=O)ccc2N)C1. The predicted molar refractivity (Wildman–Crippen MR) is 75.9 cm³/mol. The normalized spacial score (nSPS) is 20.2. The van der Waals surface area contributed by atoms with Gasteiger partial charge in [-0.05, 0) is 44.5 Å². The van der Waals surface area contributed by atoms with Gasteiger partial charge in [-0.15, -0.1) is 0 Å². The van der Waals surface area contributed by atoms with Crippen molar-refractivity contribution >= 4 is 17.4 Å². The lowest BCUT2D eigenvalue weighted by atomic mass is 9.98. The van der Waals surface area contributed by atoms with Crippen LogP contribution in [-0.2, 0) is 0 Å². The minimum absolute atomic E-state index is 0.234. The van der Waals surface area contributed by atoms with Crippen molar-refractivity contribution in [3.05, 3.63) is 17.8 Å². The second-order valence-electron chi connectivity index (χ2n) is 5.15. The fourth-order valence-corrected chi connectivity index (χ4v) is 2.43. The van der Waals surface area contributed by atoms with Crippen LogP contribution in [0.2, 0.25) is 0 Å². The van der Waals surface area contributed by atoms with Crippen LogP contribution < -0.4 is 16.8 Å². The molecule has 0 saturated carbocycles. The summed E-state index contributed by atoms with van der Waals surface area (Å²) in [5, 5.41) is 3.23. The molecule has 5 N–H and O–H groups in total. The number of pyridine rings is 1. The van der Waals surface area contributed by atoms with Crippen LogP contribution in [0.1, 0.15) is 23.3 Å². The third-order valence-electron chi connectivity index (χ3n) is 3.46. The Labute approximate surface area is 113 Å². The summed E-state index contributed by atoms with van der Waals surface area (Å²) in [5.41, 5.74) is 11.8. The number of anilines is 2. The smallest absolute Gasteiger partial charge is 0.267 e. The number of nitrogen functional groups attached to an aromatic ring is 1. The molecule has 6 heteroatoms. The molecular formula is C13H21N5O. The summed E-state index contributed by atoms with van der Waals surface area (Å²) in [6, 6.07) is 3.19. The van der Waals surface area contributed by atoms with Gasteiger partial charge in [-0.25, -0.2) is 4.98 Å². The minimum Gasteiger partial charge on any atom is -0.396 e. The van der Waals surface area contributed by atoms with E-state index in [1.807, 2.05) is 0 Å². The maximum atomic E-state index is 11.1. The number of hydrogen-bond acceptors (Lipinski definition) is 5. The maximum absolute atomic E-state index is 11.1. The molecule has 104 valence electrons. The highest BCUT2D eigenvalue weighted by atomic mass is 16.1. The Morgan fingerprint density at radius 1 is 1.58 bits per heavy atom. The van der Waals surface area contributed by atoms with Crippen molar-refractivity contribution in [2.75, 3.05) is 37.7 Å². The first kappa shape index (κ1) is 13.6. The number of carbonyl (C=O) groups excluding carboxylic acids is 1. The zero-order valence-corrected chi connectivity index (χ0v) is 11.2. The van der Waals surface area contributed by atoms with Gasteiger partial charge in [0.15, 0.2) is 0 Å². The van der Waals surface area contributed by atoms with Gasteiger partial charge in [0.1, 0.15) is 11.5 Å². The van der Waals surface area contributed by atoms with Gasteiger partial charge in [-0.1, -0.05) is 0 Å². The summed E-state index contributed by atoms with van der Waals surface area (Å²) in [6.07, 6.45) is 2.42. The molecule has 1 aromatic heterocycles. The average Bonchev–Trinajstić information content (AvgIpc) is 2.37. The van der Waals surface area contributed by atoms with Gasteiger partial charge in [0, 0.05) is 13.1 Å². The highest BCUT2D eigenvalue weighted by Gasteiger charge is 2.17. The monoisotopic (exact) mass is 263 g/mol. The number of primary amides is 1. The van der Waals surface area contributed by atoms with Crippen LogP contribution in [-0.4, -0.2) is 42.5 Å². The zero-order valence-electron chi connectivity index (χ0n) is 11.2. The zero-order chi connectivity index (χ0) is 13.8. The van der Waals surface area contributed by atoms with Crippen LogP contribution in [0.5, 0.6) is 0 Å². The predicted octanol–water partition coefficient (Wildman–Crippen LogP) is 0.516. The second-order valence-corrected chi connectivity index (χ2v) is 5.15. The Bertz CT molecular complexity index is 462. The topological polar surface area (TPSA) is 97.3 Å². The quantitative estimate of drug-likeness (QED) is 0.735. The summed E-state index contributed by atoms with van der Waals surface area (Å²) in [7, 11) is 2.13. The molecule has 0 spiro atoms. The van der Waals surface area contributed by atoms with E-state index in [9.17, 15) is 4.79 Å². The summed E-state index contributed by atoms with van der Waals surface area (Å²) in [6.45, 7) is 3.04. The number of nitrogens with one attached hydrogen (secondary N) is 1. The first-order valence-electron chi connectivity index (χ1n) is 6.55. The second kappa shape index (κ2) is 5.88. The molecule has 0 bridgehead atoms. The number of nitrogens with zero attached hydrogens (tertiary/aromatic N) is 2. The molecule has 1 aliphatic rings. The molecule has 1 saturated heterocycles. The number of hydrogen-bond donors (Lipinski definition) is 3. The van der Waals surface area contributed by atoms with E-state index < -0.39 is 5.91 Å². The van der Waals surface area contributed by atoms with Gasteiger partial charge >= 0.3 is 0 Å². The Morgan fingerprint density at radius 3 is 3.05 bits per heavy atom. The van der Waals surface area contributed by atoms with Gasteiger partial charge in [-0.3, -0.25) is 4.79 Å². The molecule has 0 aromatic carbocycles. The van der Waals surface area contributed by atoms with Gasteiger partial charge in [0.2, 0.25) is 0 Å². The van der Waals surface area contributed by atoms with Gasteiger partial charge in [0.25, 0.3) is 5.91 Å². The van der Waals surface area contributed by atoms with Crippen molar-refractivity contribution in [1.29, 1.82) is 0 Å². The third-order valence-corrected chi connectivity index (χ3v) is 3.46. The minimum atomic E-state index is -0.541. The van der Waals surface area contributed by atoms with Crippen LogP contribution in [0.25, 0.3) is 0 Å². The van der Waals surface area contributed by atoms with Gasteiger partial charge < -0.3 is 21.7 Å². The van der Waals surface area contributed by atoms with Crippen molar-refractivity contribution in [2.45, 2.75) is 12.8 Å². The largest absolute Gasteiger partial charge is 0.396 e. The van der Waals surface area contributed by atoms with E-state index in [-0.39, 0.29) is 5.69 Å². The van der Waals surface area contributed by atoms with E-state index in [4.69, 9.17) is 11.5 Å². The highest BCUT2D eigenvalue weighted by molar-refractivity contribution is 5.91. The van der Waals surface area contributed by atoms with Crippen molar-refractivity contribution in [3.63, 3.8) is 0 Å². The van der Waals surface area contributed by atoms with E-state index in [0.29, 0.717) is 17.4 Å². The first-order valence-corrected chi connectivity index (χ1v) is 6.55. The molecule has 1 aliphatic heterocycles. The summed E-state index contributed by atoms with van der Waals surface area (Å²) < 4.78 is 0. The summed E-state index contributed by atoms with van der Waals surface area (Å²) in [5.74, 6) is 0.585. The average molecular weight is 263 g/mol. The maximum Gasteiger partial charge on any atom is 0.267 e. The number of aromatic nitrogens is 1. The Morgan fingerprint density at radius 2 is 2.37 bits per heavy atom. The Kier molecular flexibility index (Phi) is 4.21. The molecule has 2 rings (SSSR count). The summed E-state index contributed by atoms with van der Waals surface area (Å²) in [4.78, 5) is 17.6. The lowest BCUT2D eigenvalue weighted by molar-refractivity contribution is 0.0996. The molecule has 0 radical (unpaired) electrons. The number of nitrogens with two attached hydrogens (primary N) is 2. The van der Waals surface area contributed by atoms with Crippen LogP contribution in [0.15, 0.2) is 12.1 Å². The van der Waals surface area contributed by atoms with Crippen LogP contribution in [0, 0.1) is 5.92 Å². The van der Waals surface area contributed by atoms with Crippen LogP contribution >= 0.6 is 0 Å². The number of rotatable bonds is 4. The van der Waals surface area contributed by atoms with Crippen molar-refractivity contribution in [1.82, 2.24) is 9.88 Å². The lowest BCUT2D eigenvalue weighted by Crippen LogP contribution is -2.35. The Hall–Kier alpha value is -1.82. The molecule has 0 aliphatic carbocycles. The molecule has 19 heavy (non-hydrogen) atoms. The molecule has 1 aromatic rings. The molecular weight excluding hydrogens is 242 g/mol. The van der Waals surface area contributed by atoms with Crippen LogP contribution in [0.4, 0.5) is 11.5 Å². The Balaban J connectivity index is 1.98. The van der Waals surface area contributed by atoms with E-state index in [1.54, 1.807) is 6.07 Å². The fourth-order valence-electron chi connectivity index (χ4n) is 2.43. The van der Waals surface area contributed by atoms with Crippen molar-refractivity contribution in [2.24, 2.45) is 11.7 Å². The van der Waals surface area contributed by atoms with Crippen LogP contribution in [0.3, 0.4) is 0 Å². The van der Waals surface area contributed by atoms with Crippen molar-refractivity contribution < 1.29 is 4.79 Å². The number of carbonyl (C=O) groups is 1. The molecule has 1 atom stereocenters. The van der Waals surface area contributed by atoms with Gasteiger partial charge in [0.05, 0.1) is 5.69 Å². The summed E-state index contributed by atoms with van der Waals surface area (Å²) >= 11 is 0. The third kappa shape index (κ3) is 3.57. The van der Waals surface area contributed by atoms with Gasteiger partial charge in [-0.2, -0.15) is 0 Å². The molecule has 1 amide bonds. The molecule has 2 heterocycles. The van der Waals surface area contributed by atoms with Crippen molar-refractivity contribution in [3.8, 4) is 0 Å². The number of piperidine rings is 1. The molecule has 1 fully saturated rings. The lowest BCUT2D eigenvalue weighted by Gasteiger charge is -2.29. The van der Waals surface area contributed by atoms with E-state index in [2.05, 4.69) is 22.2 Å². The number of amides is 1. The van der Waals surface area contributed by atoms with E-state index >= 15 is 0 Å². The molecule has 1 unspecified atom stereocenters. The molecule has 6 nitrogen and oxygen atoms in total. The standard InChI is InChI=1S/C13H21N5O/c1-18-6-2-3-9(8-18)7-16-13-10(14)4-5-11(17-13)12(15)19/h4-5,9H,2-3,6-8,14H2,1H3,(H2,15,19)(H,16,17).